The summed E-state index contributed by atoms with van der Waals surface area (Å²) in [5.74, 6) is 2.98. The number of rotatable bonds is 4. The van der Waals surface area contributed by atoms with Gasteiger partial charge in [-0.15, -0.1) is 0 Å². The third-order valence-corrected chi connectivity index (χ3v) is 14.6. The maximum absolute atomic E-state index is 3.78. The molecule has 0 aromatic rings. The van der Waals surface area contributed by atoms with Crippen LogP contribution in [-0.2, 0) is 0 Å². The molecule has 82 valence electrons. The Morgan fingerprint density at radius 2 is 2.00 bits per heavy atom. The Hall–Kier alpha value is 1.88. The standard InChI is InChI=1S/C11H21.2BrH.Tl/c1-4-10-6-5-7-11(8-10)9(2)3;;;/h9-11H,1,4-8H2,2-3H3;2*1H;/q;;;+2/p-2. The van der Waals surface area contributed by atoms with Gasteiger partial charge in [0, 0.05) is 0 Å². The summed E-state index contributed by atoms with van der Waals surface area (Å²) >= 11 is 6.20. The zero-order valence-electron chi connectivity index (χ0n) is 9.31. The van der Waals surface area contributed by atoms with Crippen molar-refractivity contribution in [2.24, 2.45) is 17.8 Å². The summed E-state index contributed by atoms with van der Waals surface area (Å²) in [6.45, 7) is 4.79. The van der Waals surface area contributed by atoms with Gasteiger partial charge in [0.05, 0.1) is 0 Å². The topological polar surface area (TPSA) is 0 Å². The first-order valence-electron chi connectivity index (χ1n) is 5.87. The molecule has 14 heavy (non-hydrogen) atoms. The van der Waals surface area contributed by atoms with Crippen LogP contribution in [0.2, 0.25) is 3.98 Å². The van der Waals surface area contributed by atoms with Crippen molar-refractivity contribution in [1.29, 1.82) is 0 Å². The zero-order valence-corrected chi connectivity index (χ0v) is 17.0. The van der Waals surface area contributed by atoms with Gasteiger partial charge < -0.3 is 0 Å². The van der Waals surface area contributed by atoms with E-state index in [1.54, 1.807) is 0 Å². The Bertz CT molecular complexity index is 159. The van der Waals surface area contributed by atoms with Crippen LogP contribution in [0.1, 0.15) is 46.0 Å². The minimum absolute atomic E-state index is 0.908. The van der Waals surface area contributed by atoms with Gasteiger partial charge in [0.15, 0.2) is 0 Å². The fourth-order valence-corrected chi connectivity index (χ4v) is 10.0. The second-order valence-corrected chi connectivity index (χ2v) is 40.5. The average molecular weight is 517 g/mol. The maximum atomic E-state index is 3.78. The van der Waals surface area contributed by atoms with Gasteiger partial charge in [-0.05, 0) is 0 Å². The summed E-state index contributed by atoms with van der Waals surface area (Å²) in [4.78, 5) is 0. The van der Waals surface area contributed by atoms with E-state index < -0.39 is 17.9 Å². The van der Waals surface area contributed by atoms with Crippen molar-refractivity contribution in [2.75, 3.05) is 0 Å². The third kappa shape index (κ3) is 5.28. The molecule has 0 aromatic heterocycles. The van der Waals surface area contributed by atoms with E-state index in [2.05, 4.69) is 37.8 Å². The summed E-state index contributed by atoms with van der Waals surface area (Å²) in [7, 11) is 0. The summed E-state index contributed by atoms with van der Waals surface area (Å²) in [6.07, 6.45) is 7.48. The van der Waals surface area contributed by atoms with Gasteiger partial charge in [-0.2, -0.15) is 0 Å². The van der Waals surface area contributed by atoms with Crippen LogP contribution in [0.3, 0.4) is 0 Å². The Morgan fingerprint density at radius 1 is 1.29 bits per heavy atom. The molecule has 0 amide bonds. The number of hydrogen-bond donors (Lipinski definition) is 0. The summed E-state index contributed by atoms with van der Waals surface area (Å²) < 4.78 is 1.50. The Balaban J connectivity index is 2.25. The van der Waals surface area contributed by atoms with Crippen LogP contribution < -0.4 is 0 Å². The molecule has 1 fully saturated rings. The molecule has 0 N–H and O–H groups in total. The van der Waals surface area contributed by atoms with Crippen LogP contribution in [0, 0.1) is 17.8 Å². The summed E-state index contributed by atoms with van der Waals surface area (Å²) in [5, 5.41) is 0. The van der Waals surface area contributed by atoms with E-state index in [0.717, 1.165) is 17.8 Å². The molecule has 0 spiro atoms. The minimum atomic E-state index is -1.37. The Morgan fingerprint density at radius 3 is 2.57 bits per heavy atom. The van der Waals surface area contributed by atoms with Crippen molar-refractivity contribution in [3.05, 3.63) is 0 Å². The normalized spacial score (nSPS) is 28.1. The first-order valence-corrected chi connectivity index (χ1v) is 28.5. The first kappa shape index (κ1) is 13.9. The molecule has 0 aromatic carbocycles. The molecule has 0 aliphatic heterocycles. The summed E-state index contributed by atoms with van der Waals surface area (Å²) in [6, 6.07) is 0. The van der Waals surface area contributed by atoms with E-state index in [1.807, 2.05) is 0 Å². The average Bonchev–Trinajstić information content (AvgIpc) is 2.15. The fraction of sp³-hybridized carbons (Fsp3) is 1.00. The van der Waals surface area contributed by atoms with Crippen LogP contribution >= 0.6 is 24.0 Å². The van der Waals surface area contributed by atoms with E-state index >= 15 is 0 Å². The van der Waals surface area contributed by atoms with E-state index in [-0.39, 0.29) is 0 Å². The molecule has 0 heterocycles. The van der Waals surface area contributed by atoms with Crippen molar-refractivity contribution in [3.63, 3.8) is 0 Å². The molecule has 0 radical (unpaired) electrons. The third-order valence-electron chi connectivity index (χ3n) is 3.56. The SMILES string of the molecule is CC(C)C1CCCC(C[CH2][Tl]([Br])[Br])C1. The van der Waals surface area contributed by atoms with Crippen molar-refractivity contribution in [3.8, 4) is 0 Å². The monoisotopic (exact) mass is 516 g/mol. The van der Waals surface area contributed by atoms with Gasteiger partial charge in [0.2, 0.25) is 0 Å². The van der Waals surface area contributed by atoms with Crippen LogP contribution in [0.5, 0.6) is 0 Å². The number of hydrogen-bond acceptors (Lipinski definition) is 0. The molecule has 2 atom stereocenters. The number of halogens is 2. The van der Waals surface area contributed by atoms with Gasteiger partial charge in [0.25, 0.3) is 0 Å². The van der Waals surface area contributed by atoms with E-state index in [1.165, 1.54) is 36.1 Å². The van der Waals surface area contributed by atoms with Crippen molar-refractivity contribution in [2.45, 2.75) is 49.9 Å². The fourth-order valence-electron chi connectivity index (χ4n) is 2.56. The molecule has 2 unspecified atom stereocenters. The van der Waals surface area contributed by atoms with Gasteiger partial charge in [-0.25, -0.2) is 0 Å². The van der Waals surface area contributed by atoms with E-state index in [0.29, 0.717) is 0 Å². The second kappa shape index (κ2) is 7.26. The van der Waals surface area contributed by atoms with Gasteiger partial charge >= 0.3 is 110 Å². The molecular formula is C11H21Br2Tl. The summed E-state index contributed by atoms with van der Waals surface area (Å²) in [5.41, 5.74) is 0. The molecule has 1 rings (SSSR count). The molecule has 1 aliphatic rings. The second-order valence-electron chi connectivity index (χ2n) is 5.01. The van der Waals surface area contributed by atoms with Crippen LogP contribution in [0.4, 0.5) is 0 Å². The van der Waals surface area contributed by atoms with Crippen LogP contribution in [0.15, 0.2) is 0 Å². The molecule has 0 nitrogen and oxygen atoms in total. The molecule has 1 saturated carbocycles. The van der Waals surface area contributed by atoms with Crippen molar-refractivity contribution >= 4 is 41.9 Å². The predicted octanol–water partition coefficient (Wildman–Crippen LogP) is 5.12. The van der Waals surface area contributed by atoms with Gasteiger partial charge in [-0.3, -0.25) is 0 Å². The van der Waals surface area contributed by atoms with Crippen molar-refractivity contribution < 1.29 is 0 Å². The zero-order chi connectivity index (χ0) is 10.6. The molecular weight excluding hydrogens is 496 g/mol. The molecule has 0 bridgehead atoms. The van der Waals surface area contributed by atoms with Crippen LogP contribution in [-0.4, -0.2) is 17.9 Å². The molecule has 3 heteroatoms. The first-order chi connectivity index (χ1) is 6.59. The Labute approximate surface area is 108 Å². The van der Waals surface area contributed by atoms with Crippen LogP contribution in [0.25, 0.3) is 0 Å². The molecule has 1 aliphatic carbocycles. The van der Waals surface area contributed by atoms with Crippen molar-refractivity contribution in [1.82, 2.24) is 0 Å². The Kier molecular flexibility index (Phi) is 7.23. The quantitative estimate of drug-likeness (QED) is 0.455. The molecule has 0 saturated heterocycles. The van der Waals surface area contributed by atoms with Gasteiger partial charge in [0.1, 0.15) is 0 Å². The van der Waals surface area contributed by atoms with E-state index in [9.17, 15) is 0 Å². The van der Waals surface area contributed by atoms with E-state index in [4.69, 9.17) is 0 Å². The predicted molar refractivity (Wildman–Crippen MR) is 73.3 cm³/mol. The van der Waals surface area contributed by atoms with Gasteiger partial charge in [-0.1, -0.05) is 0 Å².